The van der Waals surface area contributed by atoms with Gasteiger partial charge in [0.05, 0.1) is 6.54 Å². The molecule has 6 heteroatoms. The third-order valence-corrected chi connectivity index (χ3v) is 3.17. The Bertz CT molecular complexity index is 378. The predicted octanol–water partition coefficient (Wildman–Crippen LogP) is 1.75. The average Bonchev–Trinajstić information content (AvgIpc) is 2.78. The van der Waals surface area contributed by atoms with Crippen molar-refractivity contribution in [3.63, 3.8) is 0 Å². The van der Waals surface area contributed by atoms with Crippen LogP contribution in [0.2, 0.25) is 0 Å². The molecule has 0 aliphatic rings. The smallest absolute Gasteiger partial charge is 0.325 e. The van der Waals surface area contributed by atoms with E-state index in [0.717, 1.165) is 4.88 Å². The summed E-state index contributed by atoms with van der Waals surface area (Å²) in [5.74, 6) is -1.04. The molecule has 0 saturated carbocycles. The summed E-state index contributed by atoms with van der Waals surface area (Å²) in [5.41, 5.74) is 0. The van der Waals surface area contributed by atoms with Gasteiger partial charge in [-0.3, -0.25) is 4.79 Å². The zero-order chi connectivity index (χ0) is 12.8. The van der Waals surface area contributed by atoms with E-state index in [1.807, 2.05) is 24.4 Å². The summed E-state index contributed by atoms with van der Waals surface area (Å²) in [4.78, 5) is 25.1. The number of carbonyl (C=O) groups excluding carboxylic acids is 1. The Balaban J connectivity index is 2.55. The highest BCUT2D eigenvalue weighted by atomic mass is 32.1. The molecule has 0 fully saturated rings. The van der Waals surface area contributed by atoms with Crippen LogP contribution in [0.25, 0.3) is 0 Å². The maximum absolute atomic E-state index is 11.8. The molecule has 2 N–H and O–H groups in total. The molecule has 5 nitrogen and oxygen atoms in total. The molecule has 0 spiro atoms. The van der Waals surface area contributed by atoms with E-state index in [1.165, 1.54) is 6.92 Å². The van der Waals surface area contributed by atoms with Crippen molar-refractivity contribution >= 4 is 23.3 Å². The van der Waals surface area contributed by atoms with E-state index in [0.29, 0.717) is 13.1 Å². The fourth-order valence-electron chi connectivity index (χ4n) is 1.26. The van der Waals surface area contributed by atoms with Crippen molar-refractivity contribution in [3.05, 3.63) is 22.4 Å². The molecule has 0 aromatic carbocycles. The number of carboxylic acids is 1. The molecule has 1 aromatic rings. The highest BCUT2D eigenvalue weighted by molar-refractivity contribution is 7.09. The first-order valence-electron chi connectivity index (χ1n) is 5.35. The van der Waals surface area contributed by atoms with Crippen molar-refractivity contribution in [3.8, 4) is 0 Å². The Morgan fingerprint density at radius 1 is 1.59 bits per heavy atom. The molecule has 1 atom stereocenters. The van der Waals surface area contributed by atoms with Crippen LogP contribution in [0.5, 0.6) is 0 Å². The SMILES string of the molecule is CCN(Cc1cccs1)C(=O)N[C@H](C)C(=O)O. The number of nitrogens with one attached hydrogen (secondary N) is 1. The third-order valence-electron chi connectivity index (χ3n) is 2.31. The fraction of sp³-hybridized carbons (Fsp3) is 0.455. The van der Waals surface area contributed by atoms with Crippen LogP contribution in [0.1, 0.15) is 18.7 Å². The number of amides is 2. The minimum atomic E-state index is -1.04. The number of hydrogen-bond donors (Lipinski definition) is 2. The second-order valence-corrected chi connectivity index (χ2v) is 4.64. The monoisotopic (exact) mass is 256 g/mol. The van der Waals surface area contributed by atoms with Crippen LogP contribution in [0.15, 0.2) is 17.5 Å². The van der Waals surface area contributed by atoms with Gasteiger partial charge in [0.2, 0.25) is 0 Å². The van der Waals surface area contributed by atoms with Crippen molar-refractivity contribution in [1.29, 1.82) is 0 Å². The molecule has 2 amide bonds. The molecule has 1 rings (SSSR count). The number of carbonyl (C=O) groups is 2. The molecule has 94 valence electrons. The zero-order valence-corrected chi connectivity index (χ0v) is 10.7. The minimum Gasteiger partial charge on any atom is -0.480 e. The van der Waals surface area contributed by atoms with Gasteiger partial charge in [0.25, 0.3) is 0 Å². The highest BCUT2D eigenvalue weighted by Gasteiger charge is 2.18. The molecule has 1 aromatic heterocycles. The van der Waals surface area contributed by atoms with E-state index in [9.17, 15) is 9.59 Å². The third kappa shape index (κ3) is 4.07. The van der Waals surface area contributed by atoms with Gasteiger partial charge in [-0.05, 0) is 25.3 Å². The van der Waals surface area contributed by atoms with E-state index in [1.54, 1.807) is 16.2 Å². The first-order valence-corrected chi connectivity index (χ1v) is 6.23. The molecular formula is C11H16N2O3S. The van der Waals surface area contributed by atoms with Crippen LogP contribution < -0.4 is 5.32 Å². The average molecular weight is 256 g/mol. The van der Waals surface area contributed by atoms with Crippen molar-refractivity contribution in [1.82, 2.24) is 10.2 Å². The quantitative estimate of drug-likeness (QED) is 0.843. The molecule has 0 aliphatic carbocycles. The minimum absolute atomic E-state index is 0.351. The maximum atomic E-state index is 11.8. The van der Waals surface area contributed by atoms with E-state index < -0.39 is 12.0 Å². The van der Waals surface area contributed by atoms with Gasteiger partial charge in [-0.25, -0.2) is 4.79 Å². The molecule has 0 bridgehead atoms. The van der Waals surface area contributed by atoms with E-state index in [-0.39, 0.29) is 6.03 Å². The van der Waals surface area contributed by atoms with Crippen LogP contribution in [0, 0.1) is 0 Å². The Kier molecular flexibility index (Phi) is 4.96. The molecule has 0 unspecified atom stereocenters. The summed E-state index contributed by atoms with van der Waals surface area (Å²) in [7, 11) is 0. The number of carboxylic acid groups (broad SMARTS) is 1. The lowest BCUT2D eigenvalue weighted by molar-refractivity contribution is -0.138. The van der Waals surface area contributed by atoms with Crippen molar-refractivity contribution in [2.75, 3.05) is 6.54 Å². The van der Waals surface area contributed by atoms with Gasteiger partial charge in [-0.15, -0.1) is 11.3 Å². The van der Waals surface area contributed by atoms with Crippen LogP contribution >= 0.6 is 11.3 Å². The lowest BCUT2D eigenvalue weighted by atomic mass is 10.3. The molecular weight excluding hydrogens is 240 g/mol. The number of aliphatic carboxylic acids is 1. The van der Waals surface area contributed by atoms with Crippen LogP contribution in [-0.2, 0) is 11.3 Å². The van der Waals surface area contributed by atoms with Crippen molar-refractivity contribution in [2.24, 2.45) is 0 Å². The summed E-state index contributed by atoms with van der Waals surface area (Å²) < 4.78 is 0. The predicted molar refractivity (Wildman–Crippen MR) is 66.0 cm³/mol. The number of rotatable bonds is 5. The van der Waals surface area contributed by atoms with Crippen LogP contribution in [-0.4, -0.2) is 34.6 Å². The van der Waals surface area contributed by atoms with Gasteiger partial charge >= 0.3 is 12.0 Å². The lowest BCUT2D eigenvalue weighted by Crippen LogP contribution is -2.46. The Labute approximate surface area is 104 Å². The number of urea groups is 1. The second kappa shape index (κ2) is 6.24. The maximum Gasteiger partial charge on any atom is 0.325 e. The van der Waals surface area contributed by atoms with Gasteiger partial charge in [-0.1, -0.05) is 6.07 Å². The standard InChI is InChI=1S/C11H16N2O3S/c1-3-13(7-9-5-4-6-17-9)11(16)12-8(2)10(14)15/h4-6,8H,3,7H2,1-2H3,(H,12,16)(H,14,15)/t8-/m1/s1. The van der Waals surface area contributed by atoms with E-state index >= 15 is 0 Å². The fourth-order valence-corrected chi connectivity index (χ4v) is 1.98. The molecule has 17 heavy (non-hydrogen) atoms. The molecule has 0 saturated heterocycles. The molecule has 0 aliphatic heterocycles. The van der Waals surface area contributed by atoms with Gasteiger partial charge < -0.3 is 15.3 Å². The van der Waals surface area contributed by atoms with E-state index in [4.69, 9.17) is 5.11 Å². The van der Waals surface area contributed by atoms with Gasteiger partial charge in [0, 0.05) is 11.4 Å². The topological polar surface area (TPSA) is 69.6 Å². The Hall–Kier alpha value is -1.56. The first kappa shape index (κ1) is 13.5. The Morgan fingerprint density at radius 3 is 2.76 bits per heavy atom. The van der Waals surface area contributed by atoms with Gasteiger partial charge in [-0.2, -0.15) is 0 Å². The molecule has 1 heterocycles. The van der Waals surface area contributed by atoms with Crippen molar-refractivity contribution in [2.45, 2.75) is 26.4 Å². The number of nitrogens with zero attached hydrogens (tertiary/aromatic N) is 1. The normalized spacial score (nSPS) is 11.9. The highest BCUT2D eigenvalue weighted by Crippen LogP contribution is 2.11. The van der Waals surface area contributed by atoms with Crippen molar-refractivity contribution < 1.29 is 14.7 Å². The summed E-state index contributed by atoms with van der Waals surface area (Å²) in [5, 5.41) is 13.1. The lowest BCUT2D eigenvalue weighted by Gasteiger charge is -2.22. The number of hydrogen-bond acceptors (Lipinski definition) is 3. The Morgan fingerprint density at radius 2 is 2.29 bits per heavy atom. The van der Waals surface area contributed by atoms with Gasteiger partial charge in [0.1, 0.15) is 6.04 Å². The summed E-state index contributed by atoms with van der Waals surface area (Å²) in [6.07, 6.45) is 0. The van der Waals surface area contributed by atoms with Crippen LogP contribution in [0.4, 0.5) is 4.79 Å². The molecule has 0 radical (unpaired) electrons. The largest absolute Gasteiger partial charge is 0.480 e. The van der Waals surface area contributed by atoms with E-state index in [2.05, 4.69) is 5.32 Å². The second-order valence-electron chi connectivity index (χ2n) is 3.60. The zero-order valence-electron chi connectivity index (χ0n) is 9.84. The summed E-state index contributed by atoms with van der Waals surface area (Å²) >= 11 is 1.57. The van der Waals surface area contributed by atoms with Crippen LogP contribution in [0.3, 0.4) is 0 Å². The summed E-state index contributed by atoms with van der Waals surface area (Å²) in [6.45, 7) is 4.35. The summed E-state index contributed by atoms with van der Waals surface area (Å²) in [6, 6.07) is 2.64. The first-order chi connectivity index (χ1) is 8.04. The van der Waals surface area contributed by atoms with Gasteiger partial charge in [0.15, 0.2) is 0 Å². The number of thiophene rings is 1.